The van der Waals surface area contributed by atoms with Crippen LogP contribution in [0.4, 0.5) is 5.82 Å². The van der Waals surface area contributed by atoms with Crippen LogP contribution in [0, 0.1) is 11.8 Å². The maximum Gasteiger partial charge on any atom is 0.224 e. The smallest absolute Gasteiger partial charge is 0.224 e. The van der Waals surface area contributed by atoms with Gasteiger partial charge in [-0.15, -0.1) is 11.8 Å². The highest BCUT2D eigenvalue weighted by atomic mass is 79.9. The molecule has 0 saturated heterocycles. The summed E-state index contributed by atoms with van der Waals surface area (Å²) in [6.45, 7) is 2.56. The molecule has 5 heteroatoms. The van der Waals surface area contributed by atoms with Crippen LogP contribution in [0.3, 0.4) is 0 Å². The summed E-state index contributed by atoms with van der Waals surface area (Å²) >= 11 is 8.96. The second kappa shape index (κ2) is 5.84. The van der Waals surface area contributed by atoms with Gasteiger partial charge in [0.2, 0.25) is 5.28 Å². The monoisotopic (exact) mass is 273 g/mol. The zero-order chi connectivity index (χ0) is 10.4. The van der Waals surface area contributed by atoms with Gasteiger partial charge in [-0.3, -0.25) is 0 Å². The summed E-state index contributed by atoms with van der Waals surface area (Å²) in [6.07, 6.45) is 2.40. The Labute approximate surface area is 96.4 Å². The molecule has 3 nitrogen and oxygen atoms in total. The van der Waals surface area contributed by atoms with Gasteiger partial charge in [0.15, 0.2) is 0 Å². The number of hydrogen-bond acceptors (Lipinski definition) is 3. The molecule has 0 amide bonds. The second-order valence-corrected chi connectivity index (χ2v) is 3.63. The van der Waals surface area contributed by atoms with Crippen LogP contribution in [0.5, 0.6) is 0 Å². The van der Waals surface area contributed by atoms with E-state index in [4.69, 9.17) is 11.6 Å². The largest absolute Gasteiger partial charge is 0.368 e. The maximum absolute atomic E-state index is 5.65. The molecule has 0 unspecified atom stereocenters. The first-order valence-electron chi connectivity index (χ1n) is 4.05. The predicted octanol–water partition coefficient (Wildman–Crippen LogP) is 2.72. The van der Waals surface area contributed by atoms with E-state index < -0.39 is 0 Å². The first-order chi connectivity index (χ1) is 6.74. The minimum absolute atomic E-state index is 0.234. The van der Waals surface area contributed by atoms with E-state index in [0.717, 1.165) is 17.4 Å². The first-order valence-corrected chi connectivity index (χ1v) is 5.22. The quantitative estimate of drug-likeness (QED) is 0.523. The Morgan fingerprint density at radius 1 is 1.64 bits per heavy atom. The highest BCUT2D eigenvalue weighted by Crippen LogP contribution is 2.19. The highest BCUT2D eigenvalue weighted by molar-refractivity contribution is 9.10. The van der Waals surface area contributed by atoms with E-state index in [2.05, 4.69) is 43.1 Å². The molecule has 1 heterocycles. The zero-order valence-corrected chi connectivity index (χ0v) is 9.98. The summed E-state index contributed by atoms with van der Waals surface area (Å²) in [5.74, 6) is 6.46. The van der Waals surface area contributed by atoms with Gasteiger partial charge in [-0.2, -0.15) is 4.98 Å². The standard InChI is InChI=1S/C9H9BrClN3/c1-2-3-4-5-12-8-7(10)6-13-9(11)14-8/h6H,4-5H2,1H3,(H,12,13,14). The lowest BCUT2D eigenvalue weighted by atomic mass is 10.4. The Kier molecular flexibility index (Phi) is 4.71. The van der Waals surface area contributed by atoms with Crippen molar-refractivity contribution in [3.8, 4) is 11.8 Å². The molecule has 14 heavy (non-hydrogen) atoms. The van der Waals surface area contributed by atoms with Crippen molar-refractivity contribution in [2.45, 2.75) is 13.3 Å². The lowest BCUT2D eigenvalue weighted by Gasteiger charge is -2.04. The summed E-state index contributed by atoms with van der Waals surface area (Å²) < 4.78 is 0.798. The van der Waals surface area contributed by atoms with Crippen LogP contribution in [0.1, 0.15) is 13.3 Å². The molecule has 74 valence electrons. The molecule has 0 radical (unpaired) electrons. The van der Waals surface area contributed by atoms with Crippen molar-refractivity contribution >= 4 is 33.3 Å². The molecular weight excluding hydrogens is 265 g/mol. The molecule has 1 aromatic rings. The minimum Gasteiger partial charge on any atom is -0.368 e. The van der Waals surface area contributed by atoms with Crippen LogP contribution in [-0.4, -0.2) is 16.5 Å². The molecule has 0 aliphatic heterocycles. The molecular formula is C9H9BrClN3. The van der Waals surface area contributed by atoms with Crippen molar-refractivity contribution in [3.63, 3.8) is 0 Å². The molecule has 1 rings (SSSR count). The normalized spacial score (nSPS) is 9.07. The van der Waals surface area contributed by atoms with Crippen LogP contribution >= 0.6 is 27.5 Å². The first kappa shape index (κ1) is 11.3. The minimum atomic E-state index is 0.234. The summed E-state index contributed by atoms with van der Waals surface area (Å²) in [5.41, 5.74) is 0. The third-order valence-electron chi connectivity index (χ3n) is 1.43. The van der Waals surface area contributed by atoms with Gasteiger partial charge in [-0.1, -0.05) is 0 Å². The Morgan fingerprint density at radius 2 is 2.43 bits per heavy atom. The second-order valence-electron chi connectivity index (χ2n) is 2.44. The van der Waals surface area contributed by atoms with Crippen LogP contribution in [-0.2, 0) is 0 Å². The van der Waals surface area contributed by atoms with Crippen molar-refractivity contribution in [1.29, 1.82) is 0 Å². The Hall–Kier alpha value is -0.790. The van der Waals surface area contributed by atoms with Gasteiger partial charge in [0.25, 0.3) is 0 Å². The number of halogens is 2. The number of rotatable bonds is 3. The topological polar surface area (TPSA) is 37.8 Å². The lowest BCUT2D eigenvalue weighted by Crippen LogP contribution is -2.03. The van der Waals surface area contributed by atoms with Crippen molar-refractivity contribution in [2.75, 3.05) is 11.9 Å². The van der Waals surface area contributed by atoms with Gasteiger partial charge >= 0.3 is 0 Å². The Morgan fingerprint density at radius 3 is 3.14 bits per heavy atom. The van der Waals surface area contributed by atoms with Gasteiger partial charge in [-0.05, 0) is 34.5 Å². The SMILES string of the molecule is CC#CCCNc1nc(Cl)ncc1Br. The van der Waals surface area contributed by atoms with Crippen molar-refractivity contribution in [2.24, 2.45) is 0 Å². The van der Waals surface area contributed by atoms with Crippen LogP contribution < -0.4 is 5.32 Å². The third-order valence-corrected chi connectivity index (χ3v) is 2.20. The zero-order valence-electron chi connectivity index (χ0n) is 7.64. The van der Waals surface area contributed by atoms with E-state index in [1.54, 1.807) is 6.20 Å². The van der Waals surface area contributed by atoms with Gasteiger partial charge in [0, 0.05) is 19.2 Å². The molecule has 0 saturated carbocycles. The molecule has 0 spiro atoms. The van der Waals surface area contributed by atoms with Crippen molar-refractivity contribution in [3.05, 3.63) is 16.0 Å². The van der Waals surface area contributed by atoms with Crippen molar-refractivity contribution in [1.82, 2.24) is 9.97 Å². The number of anilines is 1. The van der Waals surface area contributed by atoms with E-state index in [1.807, 2.05) is 6.92 Å². The highest BCUT2D eigenvalue weighted by Gasteiger charge is 2.01. The van der Waals surface area contributed by atoms with Crippen LogP contribution in [0.25, 0.3) is 0 Å². The molecule has 0 aromatic carbocycles. The number of hydrogen-bond donors (Lipinski definition) is 1. The Balaban J connectivity index is 2.56. The molecule has 0 aliphatic rings. The molecule has 0 bridgehead atoms. The fourth-order valence-electron chi connectivity index (χ4n) is 0.838. The van der Waals surface area contributed by atoms with Gasteiger partial charge < -0.3 is 5.32 Å². The average Bonchev–Trinajstić information content (AvgIpc) is 2.18. The number of nitrogens with one attached hydrogen (secondary N) is 1. The summed E-state index contributed by atoms with van der Waals surface area (Å²) in [6, 6.07) is 0. The van der Waals surface area contributed by atoms with E-state index in [1.165, 1.54) is 0 Å². The fourth-order valence-corrected chi connectivity index (χ4v) is 1.30. The Bertz CT molecular complexity index is 370. The fraction of sp³-hybridized carbons (Fsp3) is 0.333. The summed E-state index contributed by atoms with van der Waals surface area (Å²) in [4.78, 5) is 7.84. The van der Waals surface area contributed by atoms with Crippen LogP contribution in [0.15, 0.2) is 10.7 Å². The van der Waals surface area contributed by atoms with E-state index in [0.29, 0.717) is 5.82 Å². The van der Waals surface area contributed by atoms with E-state index >= 15 is 0 Å². The van der Waals surface area contributed by atoms with Gasteiger partial charge in [0.05, 0.1) is 4.47 Å². The van der Waals surface area contributed by atoms with Gasteiger partial charge in [0.1, 0.15) is 5.82 Å². The summed E-state index contributed by atoms with van der Waals surface area (Å²) in [7, 11) is 0. The summed E-state index contributed by atoms with van der Waals surface area (Å²) in [5, 5.41) is 3.34. The molecule has 1 N–H and O–H groups in total. The van der Waals surface area contributed by atoms with Gasteiger partial charge in [-0.25, -0.2) is 4.98 Å². The molecule has 0 atom stereocenters. The third kappa shape index (κ3) is 3.52. The number of aromatic nitrogens is 2. The predicted molar refractivity (Wildman–Crippen MR) is 61.3 cm³/mol. The number of nitrogens with zero attached hydrogens (tertiary/aromatic N) is 2. The van der Waals surface area contributed by atoms with E-state index in [-0.39, 0.29) is 5.28 Å². The molecule has 0 fully saturated rings. The average molecular weight is 275 g/mol. The maximum atomic E-state index is 5.65. The van der Waals surface area contributed by atoms with Crippen LogP contribution in [0.2, 0.25) is 5.28 Å². The molecule has 1 aromatic heterocycles. The molecule has 0 aliphatic carbocycles. The van der Waals surface area contributed by atoms with Crippen molar-refractivity contribution < 1.29 is 0 Å². The lowest BCUT2D eigenvalue weighted by molar-refractivity contribution is 1.05. The van der Waals surface area contributed by atoms with E-state index in [9.17, 15) is 0 Å².